The fourth-order valence-electron chi connectivity index (χ4n) is 2.18. The smallest absolute Gasteiger partial charge is 0.263 e. The van der Waals surface area contributed by atoms with Gasteiger partial charge in [-0.2, -0.15) is 0 Å². The molecule has 1 aromatic carbocycles. The third-order valence-electron chi connectivity index (χ3n) is 3.33. The SMILES string of the molecule is Cc1ccc(C)c(OCC(=O)Nc2cn3ccccc3n2)c1. The highest BCUT2D eigenvalue weighted by molar-refractivity contribution is 5.91. The van der Waals surface area contributed by atoms with Crippen LogP contribution >= 0.6 is 0 Å². The van der Waals surface area contributed by atoms with E-state index in [9.17, 15) is 4.79 Å². The molecule has 0 saturated carbocycles. The monoisotopic (exact) mass is 295 g/mol. The summed E-state index contributed by atoms with van der Waals surface area (Å²) in [5.41, 5.74) is 2.89. The molecule has 0 atom stereocenters. The van der Waals surface area contributed by atoms with Crippen LogP contribution in [0.3, 0.4) is 0 Å². The van der Waals surface area contributed by atoms with Crippen LogP contribution in [0.25, 0.3) is 5.65 Å². The maximum Gasteiger partial charge on any atom is 0.263 e. The van der Waals surface area contributed by atoms with Crippen molar-refractivity contribution in [1.82, 2.24) is 9.38 Å². The van der Waals surface area contributed by atoms with E-state index in [0.29, 0.717) is 5.82 Å². The first-order valence-corrected chi connectivity index (χ1v) is 7.05. The Morgan fingerprint density at radius 1 is 1.27 bits per heavy atom. The van der Waals surface area contributed by atoms with Crippen LogP contribution < -0.4 is 10.1 Å². The van der Waals surface area contributed by atoms with Crippen LogP contribution in [0, 0.1) is 13.8 Å². The second-order valence-electron chi connectivity index (χ2n) is 5.20. The van der Waals surface area contributed by atoms with Gasteiger partial charge in [-0.05, 0) is 43.2 Å². The Labute approximate surface area is 128 Å². The summed E-state index contributed by atoms with van der Waals surface area (Å²) < 4.78 is 7.43. The number of anilines is 1. The van der Waals surface area contributed by atoms with Crippen LogP contribution in [0.2, 0.25) is 0 Å². The highest BCUT2D eigenvalue weighted by Gasteiger charge is 2.08. The Hall–Kier alpha value is -2.82. The summed E-state index contributed by atoms with van der Waals surface area (Å²) in [4.78, 5) is 16.3. The molecule has 0 radical (unpaired) electrons. The van der Waals surface area contributed by atoms with E-state index in [2.05, 4.69) is 10.3 Å². The zero-order valence-corrected chi connectivity index (χ0v) is 12.5. The Bertz CT molecular complexity index is 791. The van der Waals surface area contributed by atoms with Gasteiger partial charge >= 0.3 is 0 Å². The number of nitrogens with zero attached hydrogens (tertiary/aromatic N) is 2. The highest BCUT2D eigenvalue weighted by atomic mass is 16.5. The third-order valence-corrected chi connectivity index (χ3v) is 3.33. The lowest BCUT2D eigenvalue weighted by Gasteiger charge is -2.09. The number of hydrogen-bond acceptors (Lipinski definition) is 3. The number of amides is 1. The first-order valence-electron chi connectivity index (χ1n) is 7.05. The van der Waals surface area contributed by atoms with Gasteiger partial charge in [-0.3, -0.25) is 4.79 Å². The number of fused-ring (bicyclic) bond motifs is 1. The second kappa shape index (κ2) is 5.89. The van der Waals surface area contributed by atoms with Gasteiger partial charge in [0.2, 0.25) is 0 Å². The average Bonchev–Trinajstić information content (AvgIpc) is 2.90. The number of carbonyl (C=O) groups excluding carboxylic acids is 1. The molecule has 5 nitrogen and oxygen atoms in total. The van der Waals surface area contributed by atoms with E-state index in [0.717, 1.165) is 22.5 Å². The number of benzene rings is 1. The number of ether oxygens (including phenoxy) is 1. The molecular weight excluding hydrogens is 278 g/mol. The van der Waals surface area contributed by atoms with E-state index < -0.39 is 0 Å². The summed E-state index contributed by atoms with van der Waals surface area (Å²) in [6, 6.07) is 11.6. The number of pyridine rings is 1. The van der Waals surface area contributed by atoms with E-state index in [1.807, 2.05) is 60.8 Å². The van der Waals surface area contributed by atoms with Gasteiger partial charge in [0, 0.05) is 6.20 Å². The molecule has 0 aliphatic carbocycles. The normalized spacial score (nSPS) is 10.6. The predicted octanol–water partition coefficient (Wildman–Crippen LogP) is 2.97. The molecule has 22 heavy (non-hydrogen) atoms. The lowest BCUT2D eigenvalue weighted by Crippen LogP contribution is -2.20. The fourth-order valence-corrected chi connectivity index (χ4v) is 2.18. The fraction of sp³-hybridized carbons (Fsp3) is 0.176. The largest absolute Gasteiger partial charge is 0.483 e. The Kier molecular flexibility index (Phi) is 3.78. The molecule has 0 fully saturated rings. The van der Waals surface area contributed by atoms with Gasteiger partial charge < -0.3 is 14.5 Å². The van der Waals surface area contributed by atoms with E-state index in [1.165, 1.54) is 0 Å². The summed E-state index contributed by atoms with van der Waals surface area (Å²) in [5.74, 6) is 1.01. The van der Waals surface area contributed by atoms with Crippen molar-refractivity contribution in [2.24, 2.45) is 0 Å². The van der Waals surface area contributed by atoms with E-state index in [1.54, 1.807) is 6.20 Å². The van der Waals surface area contributed by atoms with Crippen LogP contribution in [0.5, 0.6) is 5.75 Å². The molecule has 0 saturated heterocycles. The predicted molar refractivity (Wildman–Crippen MR) is 85.2 cm³/mol. The first kappa shape index (κ1) is 14.1. The topological polar surface area (TPSA) is 55.6 Å². The maximum atomic E-state index is 12.0. The van der Waals surface area contributed by atoms with Gasteiger partial charge in [0.05, 0.1) is 6.20 Å². The van der Waals surface area contributed by atoms with E-state index >= 15 is 0 Å². The second-order valence-corrected chi connectivity index (χ2v) is 5.20. The van der Waals surface area contributed by atoms with Crippen LogP contribution in [-0.2, 0) is 4.79 Å². The number of carbonyl (C=O) groups is 1. The van der Waals surface area contributed by atoms with E-state index in [-0.39, 0.29) is 12.5 Å². The molecule has 0 bridgehead atoms. The molecule has 2 heterocycles. The molecule has 1 amide bonds. The van der Waals surface area contributed by atoms with Crippen LogP contribution in [-0.4, -0.2) is 21.9 Å². The van der Waals surface area contributed by atoms with Gasteiger partial charge in [-0.15, -0.1) is 0 Å². The van der Waals surface area contributed by atoms with Crippen molar-refractivity contribution in [1.29, 1.82) is 0 Å². The number of aryl methyl sites for hydroxylation is 2. The summed E-state index contributed by atoms with van der Waals surface area (Å²) in [7, 11) is 0. The minimum absolute atomic E-state index is 0.0435. The molecule has 1 N–H and O–H groups in total. The summed E-state index contributed by atoms with van der Waals surface area (Å²) in [5, 5.41) is 2.74. The average molecular weight is 295 g/mol. The van der Waals surface area contributed by atoms with Gasteiger partial charge in [0.25, 0.3) is 5.91 Å². The number of nitrogens with one attached hydrogen (secondary N) is 1. The number of hydrogen-bond donors (Lipinski definition) is 1. The van der Waals surface area contributed by atoms with Crippen molar-refractivity contribution in [3.05, 3.63) is 59.9 Å². The van der Waals surface area contributed by atoms with Crippen LogP contribution in [0.15, 0.2) is 48.8 Å². The number of imidazole rings is 1. The molecular formula is C17H17N3O2. The Balaban J connectivity index is 1.63. The highest BCUT2D eigenvalue weighted by Crippen LogP contribution is 2.19. The number of aromatic nitrogens is 2. The van der Waals surface area contributed by atoms with Crippen molar-refractivity contribution in [3.8, 4) is 5.75 Å². The van der Waals surface area contributed by atoms with Crippen LogP contribution in [0.4, 0.5) is 5.82 Å². The lowest BCUT2D eigenvalue weighted by atomic mass is 10.1. The third kappa shape index (κ3) is 3.09. The summed E-state index contributed by atoms with van der Waals surface area (Å²) in [6.45, 7) is 3.90. The molecule has 0 aliphatic heterocycles. The minimum atomic E-state index is -0.232. The molecule has 5 heteroatoms. The lowest BCUT2D eigenvalue weighted by molar-refractivity contribution is -0.118. The zero-order valence-electron chi connectivity index (χ0n) is 12.5. The van der Waals surface area contributed by atoms with Gasteiger partial charge in [-0.1, -0.05) is 18.2 Å². The Morgan fingerprint density at radius 3 is 2.95 bits per heavy atom. The van der Waals surface area contributed by atoms with Crippen molar-refractivity contribution in [2.75, 3.05) is 11.9 Å². The first-order chi connectivity index (χ1) is 10.6. The van der Waals surface area contributed by atoms with Crippen molar-refractivity contribution in [2.45, 2.75) is 13.8 Å². The van der Waals surface area contributed by atoms with Gasteiger partial charge in [0.15, 0.2) is 12.4 Å². The molecule has 0 aliphatic rings. The molecule has 0 unspecified atom stereocenters. The molecule has 0 spiro atoms. The van der Waals surface area contributed by atoms with E-state index in [4.69, 9.17) is 4.74 Å². The summed E-state index contributed by atoms with van der Waals surface area (Å²) in [6.07, 6.45) is 3.65. The molecule has 112 valence electrons. The number of rotatable bonds is 4. The van der Waals surface area contributed by atoms with Gasteiger partial charge in [-0.25, -0.2) is 4.98 Å². The Morgan fingerprint density at radius 2 is 2.14 bits per heavy atom. The van der Waals surface area contributed by atoms with Crippen molar-refractivity contribution in [3.63, 3.8) is 0 Å². The molecule has 3 aromatic rings. The van der Waals surface area contributed by atoms with Crippen LogP contribution in [0.1, 0.15) is 11.1 Å². The quantitative estimate of drug-likeness (QED) is 0.805. The molecule has 3 rings (SSSR count). The summed E-state index contributed by atoms with van der Waals surface area (Å²) >= 11 is 0. The van der Waals surface area contributed by atoms with Crippen molar-refractivity contribution < 1.29 is 9.53 Å². The zero-order chi connectivity index (χ0) is 15.5. The maximum absolute atomic E-state index is 12.0. The van der Waals surface area contributed by atoms with Gasteiger partial charge in [0.1, 0.15) is 11.4 Å². The minimum Gasteiger partial charge on any atom is -0.483 e. The standard InChI is InChI=1S/C17H17N3O2/c1-12-6-7-13(2)14(9-12)22-11-17(21)19-15-10-20-8-4-3-5-16(20)18-15/h3-10H,11H2,1-2H3,(H,19,21). The van der Waals surface area contributed by atoms with Crippen molar-refractivity contribution >= 4 is 17.4 Å². The molecule has 2 aromatic heterocycles.